The fraction of sp³-hybridized carbons (Fsp3) is 0.571. The lowest BCUT2D eigenvalue weighted by Crippen LogP contribution is -2.37. The molecule has 0 spiro atoms. The highest BCUT2D eigenvalue weighted by Gasteiger charge is 2.49. The monoisotopic (exact) mass is 203 g/mol. The lowest BCUT2D eigenvalue weighted by Gasteiger charge is -2.30. The van der Waals surface area contributed by atoms with Crippen molar-refractivity contribution in [3.05, 3.63) is 35.9 Å². The van der Waals surface area contributed by atoms with Crippen LogP contribution < -0.4 is 5.32 Å². The highest BCUT2D eigenvalue weighted by Crippen LogP contribution is 2.50. The summed E-state index contributed by atoms with van der Waals surface area (Å²) in [6.45, 7) is 4.66. The maximum atomic E-state index is 3.53. The Bertz CT molecular complexity index is 311. The standard InChI is InChI=1S/C14H21N/c1-11(2)13(14(15-3)9-10-14)12-7-5-4-6-8-12/h4-8,11,13,15H,9-10H2,1-3H3. The minimum Gasteiger partial charge on any atom is -0.314 e. The summed E-state index contributed by atoms with van der Waals surface area (Å²) in [7, 11) is 2.10. The van der Waals surface area contributed by atoms with E-state index in [1.807, 2.05) is 0 Å². The van der Waals surface area contributed by atoms with Gasteiger partial charge in [0.2, 0.25) is 0 Å². The first-order valence-electron chi connectivity index (χ1n) is 5.93. The van der Waals surface area contributed by atoms with Gasteiger partial charge in [0.15, 0.2) is 0 Å². The highest BCUT2D eigenvalue weighted by atomic mass is 15.0. The molecule has 82 valence electrons. The van der Waals surface area contributed by atoms with Crippen LogP contribution in [0.3, 0.4) is 0 Å². The molecule has 0 saturated heterocycles. The van der Waals surface area contributed by atoms with E-state index in [1.165, 1.54) is 18.4 Å². The van der Waals surface area contributed by atoms with Crippen molar-refractivity contribution in [2.24, 2.45) is 5.92 Å². The van der Waals surface area contributed by atoms with Gasteiger partial charge in [-0.25, -0.2) is 0 Å². The van der Waals surface area contributed by atoms with Gasteiger partial charge in [-0.1, -0.05) is 44.2 Å². The second-order valence-corrected chi connectivity index (χ2v) is 5.04. The Morgan fingerprint density at radius 1 is 1.13 bits per heavy atom. The van der Waals surface area contributed by atoms with E-state index in [4.69, 9.17) is 0 Å². The fourth-order valence-corrected chi connectivity index (χ4v) is 2.85. The minimum atomic E-state index is 0.384. The Balaban J connectivity index is 2.29. The van der Waals surface area contributed by atoms with Crippen LogP contribution in [0.25, 0.3) is 0 Å². The summed E-state index contributed by atoms with van der Waals surface area (Å²) < 4.78 is 0. The van der Waals surface area contributed by atoms with Gasteiger partial charge in [0.25, 0.3) is 0 Å². The van der Waals surface area contributed by atoms with Crippen molar-refractivity contribution < 1.29 is 0 Å². The fourth-order valence-electron chi connectivity index (χ4n) is 2.85. The summed E-state index contributed by atoms with van der Waals surface area (Å²) >= 11 is 0. The summed E-state index contributed by atoms with van der Waals surface area (Å²) in [6, 6.07) is 10.9. The second-order valence-electron chi connectivity index (χ2n) is 5.04. The molecule has 1 saturated carbocycles. The zero-order valence-electron chi connectivity index (χ0n) is 9.96. The first-order chi connectivity index (χ1) is 7.19. The Labute approximate surface area is 92.9 Å². The van der Waals surface area contributed by atoms with Crippen LogP contribution in [0.4, 0.5) is 0 Å². The van der Waals surface area contributed by atoms with Gasteiger partial charge < -0.3 is 5.32 Å². The Morgan fingerprint density at radius 3 is 2.13 bits per heavy atom. The predicted molar refractivity (Wildman–Crippen MR) is 65.0 cm³/mol. The lowest BCUT2D eigenvalue weighted by atomic mass is 9.80. The molecule has 1 atom stereocenters. The van der Waals surface area contributed by atoms with Crippen LogP contribution >= 0.6 is 0 Å². The molecule has 1 aromatic carbocycles. The second kappa shape index (κ2) is 3.97. The van der Waals surface area contributed by atoms with Gasteiger partial charge in [-0.3, -0.25) is 0 Å². The van der Waals surface area contributed by atoms with E-state index in [0.717, 1.165) is 0 Å². The normalized spacial score (nSPS) is 20.3. The summed E-state index contributed by atoms with van der Waals surface area (Å²) in [4.78, 5) is 0. The molecule has 1 aliphatic rings. The summed E-state index contributed by atoms with van der Waals surface area (Å²) in [5, 5.41) is 3.53. The van der Waals surface area contributed by atoms with E-state index < -0.39 is 0 Å². The SMILES string of the molecule is CNC1(C(c2ccccc2)C(C)C)CC1. The van der Waals surface area contributed by atoms with Crippen molar-refractivity contribution in [2.45, 2.75) is 38.1 Å². The third-order valence-corrected chi connectivity index (χ3v) is 3.71. The maximum absolute atomic E-state index is 3.53. The van der Waals surface area contributed by atoms with Crippen molar-refractivity contribution in [2.75, 3.05) is 7.05 Å². The van der Waals surface area contributed by atoms with E-state index in [0.29, 0.717) is 17.4 Å². The first-order valence-corrected chi connectivity index (χ1v) is 5.93. The molecular formula is C14H21N. The summed E-state index contributed by atoms with van der Waals surface area (Å²) in [5.74, 6) is 1.35. The number of nitrogens with one attached hydrogen (secondary N) is 1. The lowest BCUT2D eigenvalue weighted by molar-refractivity contribution is 0.358. The zero-order valence-corrected chi connectivity index (χ0v) is 9.96. The van der Waals surface area contributed by atoms with Crippen molar-refractivity contribution in [1.29, 1.82) is 0 Å². The van der Waals surface area contributed by atoms with Gasteiger partial charge >= 0.3 is 0 Å². The molecule has 0 amide bonds. The molecule has 1 fully saturated rings. The van der Waals surface area contributed by atoms with E-state index in [9.17, 15) is 0 Å². The summed E-state index contributed by atoms with van der Waals surface area (Å²) in [5.41, 5.74) is 1.87. The summed E-state index contributed by atoms with van der Waals surface area (Å²) in [6.07, 6.45) is 2.64. The molecule has 1 aromatic rings. The minimum absolute atomic E-state index is 0.384. The molecule has 1 unspecified atom stereocenters. The van der Waals surface area contributed by atoms with Gasteiger partial charge in [-0.05, 0) is 31.4 Å². The largest absolute Gasteiger partial charge is 0.314 e. The topological polar surface area (TPSA) is 12.0 Å². The molecule has 0 heterocycles. The molecule has 1 nitrogen and oxygen atoms in total. The van der Waals surface area contributed by atoms with E-state index in [2.05, 4.69) is 56.5 Å². The third-order valence-electron chi connectivity index (χ3n) is 3.71. The smallest absolute Gasteiger partial charge is 0.0250 e. The van der Waals surface area contributed by atoms with Gasteiger partial charge in [0.05, 0.1) is 0 Å². The van der Waals surface area contributed by atoms with Crippen molar-refractivity contribution in [3.8, 4) is 0 Å². The highest BCUT2D eigenvalue weighted by molar-refractivity contribution is 5.28. The van der Waals surface area contributed by atoms with Crippen LogP contribution in [0.1, 0.15) is 38.2 Å². The molecule has 15 heavy (non-hydrogen) atoms. The molecule has 1 N–H and O–H groups in total. The molecular weight excluding hydrogens is 182 g/mol. The maximum Gasteiger partial charge on any atom is 0.0250 e. The average Bonchev–Trinajstić information content (AvgIpc) is 3.00. The first kappa shape index (κ1) is 10.7. The van der Waals surface area contributed by atoms with E-state index >= 15 is 0 Å². The van der Waals surface area contributed by atoms with Gasteiger partial charge in [-0.15, -0.1) is 0 Å². The number of hydrogen-bond donors (Lipinski definition) is 1. The van der Waals surface area contributed by atoms with Crippen molar-refractivity contribution in [1.82, 2.24) is 5.32 Å². The third kappa shape index (κ3) is 1.93. The number of rotatable bonds is 4. The van der Waals surface area contributed by atoms with Crippen LogP contribution in [-0.4, -0.2) is 12.6 Å². The van der Waals surface area contributed by atoms with Crippen molar-refractivity contribution in [3.63, 3.8) is 0 Å². The van der Waals surface area contributed by atoms with Gasteiger partial charge in [0.1, 0.15) is 0 Å². The zero-order chi connectivity index (χ0) is 10.9. The number of hydrogen-bond acceptors (Lipinski definition) is 1. The molecule has 0 bridgehead atoms. The van der Waals surface area contributed by atoms with E-state index in [-0.39, 0.29) is 0 Å². The Morgan fingerprint density at radius 2 is 1.73 bits per heavy atom. The molecule has 0 aromatic heterocycles. The Hall–Kier alpha value is -0.820. The van der Waals surface area contributed by atoms with Crippen molar-refractivity contribution >= 4 is 0 Å². The molecule has 0 aliphatic heterocycles. The number of likely N-dealkylation sites (N-methyl/N-ethyl adjacent to an activating group) is 1. The molecule has 2 rings (SSSR count). The average molecular weight is 203 g/mol. The molecule has 0 radical (unpaired) electrons. The van der Waals surface area contributed by atoms with Crippen LogP contribution in [-0.2, 0) is 0 Å². The number of benzene rings is 1. The van der Waals surface area contributed by atoms with Gasteiger partial charge in [-0.2, -0.15) is 0 Å². The van der Waals surface area contributed by atoms with E-state index in [1.54, 1.807) is 0 Å². The predicted octanol–water partition coefficient (Wildman–Crippen LogP) is 3.18. The van der Waals surface area contributed by atoms with Crippen LogP contribution in [0.15, 0.2) is 30.3 Å². The Kier molecular flexibility index (Phi) is 2.83. The molecule has 1 heteroatoms. The molecule has 1 aliphatic carbocycles. The van der Waals surface area contributed by atoms with Crippen LogP contribution in [0.5, 0.6) is 0 Å². The van der Waals surface area contributed by atoms with Crippen LogP contribution in [0, 0.1) is 5.92 Å². The van der Waals surface area contributed by atoms with Gasteiger partial charge in [0, 0.05) is 11.5 Å². The van der Waals surface area contributed by atoms with Crippen LogP contribution in [0.2, 0.25) is 0 Å². The quantitative estimate of drug-likeness (QED) is 0.792.